The molecule has 34 heavy (non-hydrogen) atoms. The number of morpholine rings is 1. The molecule has 1 atom stereocenters. The maximum Gasteiger partial charge on any atom is 0.255 e. The number of carbonyl (C=O) groups excluding carboxylic acids is 3. The van der Waals surface area contributed by atoms with Crippen LogP contribution in [0.1, 0.15) is 44.0 Å². The molecule has 2 fully saturated rings. The van der Waals surface area contributed by atoms with E-state index in [0.29, 0.717) is 43.1 Å². The zero-order valence-corrected chi connectivity index (χ0v) is 18.6. The highest BCUT2D eigenvalue weighted by atomic mass is 19.1. The number of nitrogens with zero attached hydrogens (tertiary/aromatic N) is 2. The van der Waals surface area contributed by atoms with Crippen LogP contribution in [0.25, 0.3) is 0 Å². The van der Waals surface area contributed by atoms with Crippen LogP contribution in [0.15, 0.2) is 36.3 Å². The average molecular weight is 470 g/mol. The van der Waals surface area contributed by atoms with Crippen molar-refractivity contribution in [2.45, 2.75) is 38.5 Å². The summed E-state index contributed by atoms with van der Waals surface area (Å²) >= 11 is 0. The Bertz CT molecular complexity index is 1260. The number of hydrogen-bond donors (Lipinski definition) is 2. The number of fused-ring (bicyclic) bond motifs is 1. The van der Waals surface area contributed by atoms with Crippen LogP contribution in [0.5, 0.6) is 0 Å². The van der Waals surface area contributed by atoms with Crippen molar-refractivity contribution in [3.05, 3.63) is 64.4 Å². The van der Waals surface area contributed by atoms with Gasteiger partial charge in [0.2, 0.25) is 11.8 Å². The number of nitrogens with one attached hydrogen (secondary N) is 2. The van der Waals surface area contributed by atoms with Crippen LogP contribution in [0.4, 0.5) is 10.1 Å². The van der Waals surface area contributed by atoms with Gasteiger partial charge >= 0.3 is 0 Å². The van der Waals surface area contributed by atoms with Gasteiger partial charge in [-0.25, -0.2) is 4.39 Å². The number of benzene rings is 2. The lowest BCUT2D eigenvalue weighted by atomic mass is 10.0. The fourth-order valence-electron chi connectivity index (χ4n) is 4.56. The van der Waals surface area contributed by atoms with Crippen LogP contribution in [0, 0.1) is 5.82 Å². The molecule has 9 heteroatoms. The standard InChI is InChI=1S/C25H27FN4O4/c26-20-12-16(14-29-8-10-34-11-9-29)4-5-17(20)13-27-21-3-1-2-18-19(21)15-30(25(18)33)22-6-7-23(31)28-24(22)32/h1-5,12,22,27H,6-11,13-15H2,(H,28,31,32)/i4D,5D,12D. The number of piperidine rings is 1. The first-order valence-electron chi connectivity index (χ1n) is 12.8. The smallest absolute Gasteiger partial charge is 0.255 e. The van der Waals surface area contributed by atoms with E-state index in [2.05, 4.69) is 10.6 Å². The average Bonchev–Trinajstić information content (AvgIpc) is 3.23. The fraction of sp³-hybridized carbons (Fsp3) is 0.400. The number of halogens is 1. The number of hydrogen-bond acceptors (Lipinski definition) is 6. The molecule has 3 heterocycles. The van der Waals surface area contributed by atoms with E-state index in [1.807, 2.05) is 4.90 Å². The van der Waals surface area contributed by atoms with Crippen molar-refractivity contribution in [3.8, 4) is 0 Å². The van der Waals surface area contributed by atoms with Gasteiger partial charge in [0.1, 0.15) is 11.9 Å². The zero-order chi connectivity index (χ0) is 26.3. The minimum Gasteiger partial charge on any atom is -0.381 e. The molecule has 0 saturated carbocycles. The molecular formula is C25H27FN4O4. The summed E-state index contributed by atoms with van der Waals surface area (Å²) in [4.78, 5) is 40.3. The van der Waals surface area contributed by atoms with Gasteiger partial charge in [0.15, 0.2) is 0 Å². The SMILES string of the molecule is [2H]c1c([2H])c(CNc2cccc3c2CN(C2CCC(=O)NC2=O)C3=O)c(F)c([2H])c1CN1CCOCC1. The maximum atomic E-state index is 15.3. The van der Waals surface area contributed by atoms with Crippen LogP contribution in [-0.4, -0.2) is 59.9 Å². The summed E-state index contributed by atoms with van der Waals surface area (Å²) in [5.74, 6) is -2.03. The van der Waals surface area contributed by atoms with Gasteiger partial charge in [-0.05, 0) is 30.2 Å². The first-order chi connectivity index (χ1) is 17.8. The lowest BCUT2D eigenvalue weighted by Crippen LogP contribution is -2.52. The predicted molar refractivity (Wildman–Crippen MR) is 122 cm³/mol. The molecule has 2 aromatic rings. The molecule has 0 spiro atoms. The number of amides is 3. The summed E-state index contributed by atoms with van der Waals surface area (Å²) in [6.45, 7) is 2.50. The van der Waals surface area contributed by atoms with Crippen LogP contribution in [-0.2, 0) is 34.0 Å². The van der Waals surface area contributed by atoms with E-state index in [1.54, 1.807) is 18.2 Å². The summed E-state index contributed by atoms with van der Waals surface area (Å²) in [7, 11) is 0. The fourth-order valence-corrected chi connectivity index (χ4v) is 4.56. The van der Waals surface area contributed by atoms with Crippen molar-refractivity contribution < 1.29 is 27.6 Å². The number of carbonyl (C=O) groups is 3. The molecule has 0 bridgehead atoms. The Morgan fingerprint density at radius 3 is 2.82 bits per heavy atom. The minimum absolute atomic E-state index is 0.0929. The van der Waals surface area contributed by atoms with Gasteiger partial charge in [-0.3, -0.25) is 24.6 Å². The highest BCUT2D eigenvalue weighted by Crippen LogP contribution is 2.32. The van der Waals surface area contributed by atoms with Gasteiger partial charge in [0.05, 0.1) is 17.3 Å². The van der Waals surface area contributed by atoms with E-state index in [4.69, 9.17) is 8.85 Å². The van der Waals surface area contributed by atoms with Crippen molar-refractivity contribution in [2.24, 2.45) is 0 Å². The molecule has 0 aromatic heterocycles. The monoisotopic (exact) mass is 469 g/mol. The van der Waals surface area contributed by atoms with Gasteiger partial charge in [-0.1, -0.05) is 18.2 Å². The maximum absolute atomic E-state index is 15.3. The molecule has 3 aliphatic rings. The summed E-state index contributed by atoms with van der Waals surface area (Å²) in [5, 5.41) is 5.35. The third-order valence-corrected chi connectivity index (χ3v) is 6.41. The summed E-state index contributed by atoms with van der Waals surface area (Å²) in [6.07, 6.45) is 0.398. The molecule has 178 valence electrons. The predicted octanol–water partition coefficient (Wildman–Crippen LogP) is 2.03. The lowest BCUT2D eigenvalue weighted by Gasteiger charge is -2.29. The molecule has 3 aliphatic heterocycles. The highest BCUT2D eigenvalue weighted by molar-refractivity contribution is 6.06. The Kier molecular flexibility index (Phi) is 5.33. The minimum atomic E-state index is -0.842. The van der Waals surface area contributed by atoms with Crippen molar-refractivity contribution >= 4 is 23.4 Å². The molecular weight excluding hydrogens is 439 g/mol. The molecule has 2 saturated heterocycles. The van der Waals surface area contributed by atoms with Crippen molar-refractivity contribution in [1.29, 1.82) is 0 Å². The Labute approximate surface area is 201 Å². The third kappa shape index (κ3) is 4.53. The van der Waals surface area contributed by atoms with E-state index in [0.717, 1.165) is 0 Å². The van der Waals surface area contributed by atoms with Gasteiger partial charge < -0.3 is 15.0 Å². The van der Waals surface area contributed by atoms with Crippen molar-refractivity contribution in [2.75, 3.05) is 31.6 Å². The largest absolute Gasteiger partial charge is 0.381 e. The van der Waals surface area contributed by atoms with E-state index in [9.17, 15) is 14.4 Å². The lowest BCUT2D eigenvalue weighted by molar-refractivity contribution is -0.136. The van der Waals surface area contributed by atoms with E-state index >= 15 is 4.39 Å². The van der Waals surface area contributed by atoms with Crippen molar-refractivity contribution in [3.63, 3.8) is 0 Å². The first-order valence-corrected chi connectivity index (χ1v) is 11.3. The molecule has 3 amide bonds. The topological polar surface area (TPSA) is 91.0 Å². The van der Waals surface area contributed by atoms with Crippen LogP contribution in [0.3, 0.4) is 0 Å². The normalized spacial score (nSPS) is 22.1. The quantitative estimate of drug-likeness (QED) is 0.630. The van der Waals surface area contributed by atoms with E-state index < -0.39 is 17.8 Å². The van der Waals surface area contributed by atoms with Crippen LogP contribution in [0.2, 0.25) is 0 Å². The van der Waals surface area contributed by atoms with E-state index in [-0.39, 0.29) is 73.5 Å². The first kappa shape index (κ1) is 19.1. The van der Waals surface area contributed by atoms with Gasteiger partial charge in [0, 0.05) is 61.5 Å². The second-order valence-electron chi connectivity index (χ2n) is 8.62. The number of imide groups is 1. The van der Waals surface area contributed by atoms with Crippen LogP contribution >= 0.6 is 0 Å². The highest BCUT2D eigenvalue weighted by Gasteiger charge is 2.39. The van der Waals surface area contributed by atoms with Gasteiger partial charge in [-0.15, -0.1) is 0 Å². The number of anilines is 1. The Morgan fingerprint density at radius 2 is 2.03 bits per heavy atom. The summed E-state index contributed by atoms with van der Waals surface area (Å²) in [6, 6.07) is 3.44. The van der Waals surface area contributed by atoms with Crippen LogP contribution < -0.4 is 10.6 Å². The van der Waals surface area contributed by atoms with Crippen molar-refractivity contribution in [1.82, 2.24) is 15.1 Å². The Morgan fingerprint density at radius 1 is 1.21 bits per heavy atom. The molecule has 8 nitrogen and oxygen atoms in total. The molecule has 0 radical (unpaired) electrons. The second-order valence-corrected chi connectivity index (χ2v) is 8.62. The van der Waals surface area contributed by atoms with E-state index in [1.165, 1.54) is 4.90 Å². The zero-order valence-electron chi connectivity index (χ0n) is 21.6. The third-order valence-electron chi connectivity index (χ3n) is 6.41. The van der Waals surface area contributed by atoms with Gasteiger partial charge in [-0.2, -0.15) is 0 Å². The Balaban J connectivity index is 1.35. The summed E-state index contributed by atoms with van der Waals surface area (Å²) in [5.41, 5.74) is 1.66. The summed E-state index contributed by atoms with van der Waals surface area (Å²) < 4.78 is 45.7. The molecule has 1 unspecified atom stereocenters. The second kappa shape index (κ2) is 9.52. The molecule has 0 aliphatic carbocycles. The number of rotatable bonds is 6. The molecule has 2 aromatic carbocycles. The van der Waals surface area contributed by atoms with Gasteiger partial charge in [0.25, 0.3) is 5.91 Å². The molecule has 2 N–H and O–H groups in total. The molecule has 5 rings (SSSR count). The number of ether oxygens (including phenoxy) is 1. The Hall–Kier alpha value is -3.30.